The van der Waals surface area contributed by atoms with Crippen LogP contribution in [0.15, 0.2) is 24.3 Å². The molecule has 4 aliphatic heterocycles. The fourth-order valence-corrected chi connectivity index (χ4v) is 4.85. The summed E-state index contributed by atoms with van der Waals surface area (Å²) in [5.41, 5.74) is 3.71. The molecular weight excluding hydrogens is 362 g/mol. The lowest BCUT2D eigenvalue weighted by atomic mass is 9.84. The van der Waals surface area contributed by atoms with Gasteiger partial charge in [-0.15, -0.1) is 0 Å². The normalized spacial score (nSPS) is 25.3. The molecule has 0 saturated heterocycles. The van der Waals surface area contributed by atoms with Crippen LogP contribution in [0, 0.1) is 0 Å². The van der Waals surface area contributed by atoms with Crippen molar-refractivity contribution in [3.05, 3.63) is 46.5 Å². The molecule has 2 aromatic carbocycles. The summed E-state index contributed by atoms with van der Waals surface area (Å²) < 4.78 is 28.8. The van der Waals surface area contributed by atoms with Gasteiger partial charge in [0.05, 0.1) is 20.6 Å². The van der Waals surface area contributed by atoms with Gasteiger partial charge in [0.15, 0.2) is 35.1 Å². The fraction of sp³-hybridized carbons (Fsp3) is 0.381. The molecule has 2 aromatic rings. The summed E-state index contributed by atoms with van der Waals surface area (Å²) in [7, 11) is 4.36. The number of hydrogen-bond acceptors (Lipinski definition) is 6. The van der Waals surface area contributed by atoms with Gasteiger partial charge in [0.25, 0.3) is 0 Å². The number of carbonyl (C=O) groups excluding carboxylic acids is 1. The maximum atomic E-state index is 12.8. The molecule has 0 aliphatic carbocycles. The van der Waals surface area contributed by atoms with Crippen LogP contribution < -0.4 is 18.9 Å². The predicted molar refractivity (Wildman–Crippen MR) is 96.7 cm³/mol. The van der Waals surface area contributed by atoms with E-state index in [9.17, 15) is 4.79 Å². The molecule has 6 rings (SSSR count). The summed E-state index contributed by atoms with van der Waals surface area (Å²) in [4.78, 5) is 12.8. The zero-order valence-corrected chi connectivity index (χ0v) is 15.7. The van der Waals surface area contributed by atoms with Crippen molar-refractivity contribution in [2.45, 2.75) is 18.6 Å². The molecule has 0 saturated carbocycles. The van der Waals surface area contributed by atoms with Gasteiger partial charge in [0.1, 0.15) is 5.56 Å². The Balaban J connectivity index is 1.52. The second-order valence-electron chi connectivity index (χ2n) is 8.19. The largest absolute Gasteiger partial charge is 0.454 e. The van der Waals surface area contributed by atoms with Gasteiger partial charge in [-0.2, -0.15) is 0 Å². The average Bonchev–Trinajstić information content (AvgIpc) is 3.37. The Hall–Kier alpha value is -2.93. The van der Waals surface area contributed by atoms with Gasteiger partial charge in [-0.1, -0.05) is 6.07 Å². The molecule has 7 nitrogen and oxygen atoms in total. The number of cyclic esters (lactones) is 1. The Kier molecular flexibility index (Phi) is 3.05. The summed E-state index contributed by atoms with van der Waals surface area (Å²) in [5, 5.41) is 0. The quantitative estimate of drug-likeness (QED) is 0.558. The van der Waals surface area contributed by atoms with E-state index < -0.39 is 6.10 Å². The van der Waals surface area contributed by atoms with Crippen molar-refractivity contribution in [2.75, 3.05) is 34.2 Å². The summed E-state index contributed by atoms with van der Waals surface area (Å²) >= 11 is 0. The number of ether oxygens (including phenoxy) is 5. The highest BCUT2D eigenvalue weighted by molar-refractivity contribution is 5.98. The molecule has 0 bridgehead atoms. The molecule has 4 aliphatic rings. The monoisotopic (exact) mass is 382 g/mol. The van der Waals surface area contributed by atoms with Gasteiger partial charge in [0, 0.05) is 17.5 Å². The highest BCUT2D eigenvalue weighted by Gasteiger charge is 2.50. The molecule has 0 amide bonds. The van der Waals surface area contributed by atoms with Crippen molar-refractivity contribution >= 4 is 5.97 Å². The summed E-state index contributed by atoms with van der Waals surface area (Å²) in [6, 6.07) is 7.87. The molecule has 4 heterocycles. The minimum absolute atomic E-state index is 0.0520. The minimum atomic E-state index is -0.397. The molecular formula is C21H20NO6+. The lowest BCUT2D eigenvalue weighted by Gasteiger charge is -2.44. The molecule has 0 fully saturated rings. The topological polar surface area (TPSA) is 63.2 Å². The van der Waals surface area contributed by atoms with Crippen molar-refractivity contribution in [3.63, 3.8) is 0 Å². The van der Waals surface area contributed by atoms with Gasteiger partial charge in [0.2, 0.25) is 13.6 Å². The van der Waals surface area contributed by atoms with Crippen molar-refractivity contribution in [1.29, 1.82) is 0 Å². The Morgan fingerprint density at radius 2 is 1.68 bits per heavy atom. The number of likely N-dealkylation sites (N-methyl/N-ethyl adjacent to an activating group) is 1. The zero-order chi connectivity index (χ0) is 19.0. The van der Waals surface area contributed by atoms with Gasteiger partial charge < -0.3 is 28.2 Å². The van der Waals surface area contributed by atoms with E-state index in [1.165, 1.54) is 5.56 Å². The number of nitrogens with zero attached hydrogens (tertiary/aromatic N) is 1. The van der Waals surface area contributed by atoms with Crippen LogP contribution >= 0.6 is 0 Å². The third-order valence-corrected chi connectivity index (χ3v) is 6.27. The van der Waals surface area contributed by atoms with Gasteiger partial charge >= 0.3 is 5.97 Å². The number of esters is 1. The Bertz CT molecular complexity index is 1030. The molecule has 0 spiro atoms. The second kappa shape index (κ2) is 5.32. The summed E-state index contributed by atoms with van der Waals surface area (Å²) in [6.07, 6.45) is 0.538. The number of quaternary nitrogens is 1. The van der Waals surface area contributed by atoms with Crippen LogP contribution in [0.5, 0.6) is 23.0 Å². The number of hydrogen-bond donors (Lipinski definition) is 0. The van der Waals surface area contributed by atoms with E-state index in [0.717, 1.165) is 35.6 Å². The van der Waals surface area contributed by atoms with E-state index in [0.29, 0.717) is 21.5 Å². The van der Waals surface area contributed by atoms with Crippen LogP contribution in [0.25, 0.3) is 0 Å². The van der Waals surface area contributed by atoms with Crippen LogP contribution in [-0.4, -0.2) is 44.7 Å². The Morgan fingerprint density at radius 1 is 0.929 bits per heavy atom. The van der Waals surface area contributed by atoms with Crippen LogP contribution in [0.2, 0.25) is 0 Å². The van der Waals surface area contributed by atoms with Gasteiger partial charge in [-0.25, -0.2) is 4.79 Å². The maximum absolute atomic E-state index is 12.8. The first-order chi connectivity index (χ1) is 13.5. The molecule has 144 valence electrons. The van der Waals surface area contributed by atoms with E-state index >= 15 is 0 Å². The van der Waals surface area contributed by atoms with E-state index in [-0.39, 0.29) is 25.6 Å². The van der Waals surface area contributed by atoms with E-state index in [1.54, 1.807) is 0 Å². The van der Waals surface area contributed by atoms with E-state index in [2.05, 4.69) is 26.2 Å². The molecule has 0 unspecified atom stereocenters. The third kappa shape index (κ3) is 2.05. The number of benzene rings is 2. The highest BCUT2D eigenvalue weighted by Crippen LogP contribution is 2.53. The standard InChI is InChI=1S/C21H20NO6/c1-22(2)6-5-11-7-15-16(26-9-25-15)8-13(11)18(22)19-12-3-4-14-20(27-10-24-14)17(12)21(23)28-19/h3-4,7-8,18-19H,5-6,9-10H2,1-2H3/q+1/t18-,19-/m0/s1. The summed E-state index contributed by atoms with van der Waals surface area (Å²) in [6.45, 7) is 1.30. The zero-order valence-electron chi connectivity index (χ0n) is 15.7. The van der Waals surface area contributed by atoms with Gasteiger partial charge in [-0.3, -0.25) is 0 Å². The third-order valence-electron chi connectivity index (χ3n) is 6.27. The number of fused-ring (bicyclic) bond motifs is 5. The molecule has 0 radical (unpaired) electrons. The molecule has 0 N–H and O–H groups in total. The lowest BCUT2D eigenvalue weighted by Crippen LogP contribution is -2.50. The second-order valence-corrected chi connectivity index (χ2v) is 8.19. The van der Waals surface area contributed by atoms with E-state index in [4.69, 9.17) is 23.7 Å². The van der Waals surface area contributed by atoms with Crippen LogP contribution in [-0.2, 0) is 11.2 Å². The van der Waals surface area contributed by atoms with Crippen LogP contribution in [0.3, 0.4) is 0 Å². The average molecular weight is 382 g/mol. The maximum Gasteiger partial charge on any atom is 0.343 e. The molecule has 2 atom stereocenters. The van der Waals surface area contributed by atoms with Crippen molar-refractivity contribution in [1.82, 2.24) is 0 Å². The summed E-state index contributed by atoms with van der Waals surface area (Å²) in [5.74, 6) is 2.28. The molecule has 7 heteroatoms. The molecule has 28 heavy (non-hydrogen) atoms. The van der Waals surface area contributed by atoms with Crippen molar-refractivity contribution in [3.8, 4) is 23.0 Å². The highest BCUT2D eigenvalue weighted by atomic mass is 16.7. The fourth-order valence-electron chi connectivity index (χ4n) is 4.85. The lowest BCUT2D eigenvalue weighted by molar-refractivity contribution is -0.927. The Morgan fingerprint density at radius 3 is 2.54 bits per heavy atom. The number of carbonyl (C=O) groups is 1. The number of rotatable bonds is 1. The molecule has 0 aromatic heterocycles. The van der Waals surface area contributed by atoms with Crippen molar-refractivity contribution < 1.29 is 33.0 Å². The van der Waals surface area contributed by atoms with Gasteiger partial charge in [-0.05, 0) is 23.8 Å². The minimum Gasteiger partial charge on any atom is -0.454 e. The first-order valence-corrected chi connectivity index (χ1v) is 9.41. The Labute approximate surface area is 161 Å². The van der Waals surface area contributed by atoms with Crippen LogP contribution in [0.1, 0.15) is 39.2 Å². The van der Waals surface area contributed by atoms with Crippen molar-refractivity contribution in [2.24, 2.45) is 0 Å². The first-order valence-electron chi connectivity index (χ1n) is 9.41. The van der Waals surface area contributed by atoms with E-state index in [1.807, 2.05) is 12.1 Å². The SMILES string of the molecule is C[N+]1(C)CCc2cc3c(cc2[C@H]1[C@H]1OC(=O)c2c1ccc1c2OCO1)OCO3. The first kappa shape index (κ1) is 16.1. The van der Waals surface area contributed by atoms with Crippen LogP contribution in [0.4, 0.5) is 0 Å². The predicted octanol–water partition coefficient (Wildman–Crippen LogP) is 2.73. The smallest absolute Gasteiger partial charge is 0.343 e.